The van der Waals surface area contributed by atoms with Gasteiger partial charge in [0.1, 0.15) is 0 Å². The summed E-state index contributed by atoms with van der Waals surface area (Å²) in [5.41, 5.74) is 2.11. The van der Waals surface area contributed by atoms with E-state index in [1.807, 2.05) is 38.1 Å². The number of piperidine rings is 1. The van der Waals surface area contributed by atoms with E-state index in [1.54, 1.807) is 0 Å². The van der Waals surface area contributed by atoms with Gasteiger partial charge in [-0.2, -0.15) is 4.98 Å². The number of benzene rings is 1. The van der Waals surface area contributed by atoms with Crippen LogP contribution in [0.25, 0.3) is 11.5 Å². The molecule has 6 heteroatoms. The summed E-state index contributed by atoms with van der Waals surface area (Å²) >= 11 is 0. The highest BCUT2D eigenvalue weighted by molar-refractivity contribution is 5.78. The lowest BCUT2D eigenvalue weighted by Gasteiger charge is -2.30. The van der Waals surface area contributed by atoms with Crippen molar-refractivity contribution in [2.24, 2.45) is 5.92 Å². The van der Waals surface area contributed by atoms with Crippen molar-refractivity contribution in [2.45, 2.75) is 33.2 Å². The van der Waals surface area contributed by atoms with E-state index in [4.69, 9.17) is 4.52 Å². The Morgan fingerprint density at radius 2 is 2.17 bits per heavy atom. The molecule has 0 unspecified atom stereocenters. The monoisotopic (exact) mass is 328 g/mol. The van der Waals surface area contributed by atoms with Gasteiger partial charge >= 0.3 is 0 Å². The Hall–Kier alpha value is -2.21. The third-order valence-electron chi connectivity index (χ3n) is 4.41. The summed E-state index contributed by atoms with van der Waals surface area (Å²) in [6.07, 6.45) is 1.77. The molecule has 0 atom stereocenters. The lowest BCUT2D eigenvalue weighted by atomic mass is 9.96. The van der Waals surface area contributed by atoms with Crippen molar-refractivity contribution < 1.29 is 9.32 Å². The normalized spacial score (nSPS) is 16.2. The van der Waals surface area contributed by atoms with Crippen molar-refractivity contribution in [3.05, 3.63) is 35.7 Å². The van der Waals surface area contributed by atoms with Crippen LogP contribution in [0, 0.1) is 12.8 Å². The van der Waals surface area contributed by atoms with Crippen LogP contribution in [-0.4, -0.2) is 40.6 Å². The lowest BCUT2D eigenvalue weighted by Crippen LogP contribution is -2.40. The molecule has 1 N–H and O–H groups in total. The molecule has 1 fully saturated rings. The van der Waals surface area contributed by atoms with Gasteiger partial charge in [0.2, 0.25) is 5.91 Å². The van der Waals surface area contributed by atoms with Gasteiger partial charge < -0.3 is 9.84 Å². The molecule has 1 aliphatic heterocycles. The fraction of sp³-hybridized carbons (Fsp3) is 0.500. The van der Waals surface area contributed by atoms with Crippen molar-refractivity contribution >= 4 is 5.91 Å². The van der Waals surface area contributed by atoms with Gasteiger partial charge in [0, 0.05) is 18.0 Å². The van der Waals surface area contributed by atoms with Crippen LogP contribution in [-0.2, 0) is 11.3 Å². The van der Waals surface area contributed by atoms with E-state index in [-0.39, 0.29) is 11.8 Å². The maximum Gasteiger partial charge on any atom is 0.257 e. The minimum atomic E-state index is 0.134. The second-order valence-electron chi connectivity index (χ2n) is 6.33. The smallest absolute Gasteiger partial charge is 0.257 e. The minimum Gasteiger partial charge on any atom is -0.356 e. The molecular weight excluding hydrogens is 304 g/mol. The third kappa shape index (κ3) is 4.00. The second-order valence-corrected chi connectivity index (χ2v) is 6.33. The zero-order chi connectivity index (χ0) is 16.9. The summed E-state index contributed by atoms with van der Waals surface area (Å²) in [5, 5.41) is 7.00. The van der Waals surface area contributed by atoms with Crippen LogP contribution < -0.4 is 5.32 Å². The Bertz CT molecular complexity index is 690. The molecule has 6 nitrogen and oxygen atoms in total. The van der Waals surface area contributed by atoms with Crippen LogP contribution in [0.1, 0.15) is 31.2 Å². The van der Waals surface area contributed by atoms with Crippen LogP contribution in [0.15, 0.2) is 28.8 Å². The highest BCUT2D eigenvalue weighted by Gasteiger charge is 2.25. The summed E-state index contributed by atoms with van der Waals surface area (Å²) in [6, 6.07) is 8.04. The largest absolute Gasteiger partial charge is 0.356 e. The minimum absolute atomic E-state index is 0.134. The molecule has 128 valence electrons. The van der Waals surface area contributed by atoms with Gasteiger partial charge in [-0.3, -0.25) is 9.69 Å². The molecule has 2 aromatic rings. The summed E-state index contributed by atoms with van der Waals surface area (Å²) in [6.45, 7) is 7.13. The average molecular weight is 328 g/mol. The standard InChI is InChI=1S/C18H24N4O2/c1-3-19-17(23)14-7-9-22(10-8-14)12-16-20-18(24-21-16)15-6-4-5-13(2)11-15/h4-6,11,14H,3,7-10,12H2,1-2H3,(H,19,23). The number of amides is 1. The predicted molar refractivity (Wildman–Crippen MR) is 91.2 cm³/mol. The zero-order valence-electron chi connectivity index (χ0n) is 14.3. The van der Waals surface area contributed by atoms with Gasteiger partial charge in [-0.1, -0.05) is 22.9 Å². The quantitative estimate of drug-likeness (QED) is 0.912. The topological polar surface area (TPSA) is 71.3 Å². The number of nitrogens with zero attached hydrogens (tertiary/aromatic N) is 3. The highest BCUT2D eigenvalue weighted by Crippen LogP contribution is 2.21. The first-order valence-electron chi connectivity index (χ1n) is 8.55. The number of likely N-dealkylation sites (tertiary alicyclic amines) is 1. The molecule has 1 amide bonds. The highest BCUT2D eigenvalue weighted by atomic mass is 16.5. The Kier molecular flexibility index (Phi) is 5.25. The fourth-order valence-corrected chi connectivity index (χ4v) is 3.09. The Balaban J connectivity index is 1.56. The summed E-state index contributed by atoms with van der Waals surface area (Å²) < 4.78 is 5.39. The molecule has 0 aliphatic carbocycles. The van der Waals surface area contributed by atoms with Gasteiger partial charge in [0.05, 0.1) is 6.54 Å². The lowest BCUT2D eigenvalue weighted by molar-refractivity contribution is -0.126. The molecular formula is C18H24N4O2. The maximum atomic E-state index is 11.9. The summed E-state index contributed by atoms with van der Waals surface area (Å²) in [4.78, 5) is 18.7. The maximum absolute atomic E-state index is 11.9. The van der Waals surface area contributed by atoms with Crippen LogP contribution in [0.4, 0.5) is 0 Å². The van der Waals surface area contributed by atoms with E-state index < -0.39 is 0 Å². The van der Waals surface area contributed by atoms with Crippen molar-refractivity contribution in [1.29, 1.82) is 0 Å². The number of carbonyl (C=O) groups excluding carboxylic acids is 1. The predicted octanol–water partition coefficient (Wildman–Crippen LogP) is 2.39. The van der Waals surface area contributed by atoms with Gasteiger partial charge in [0.25, 0.3) is 5.89 Å². The van der Waals surface area contributed by atoms with Gasteiger partial charge in [-0.05, 0) is 51.9 Å². The average Bonchev–Trinajstić information content (AvgIpc) is 3.04. The first kappa shape index (κ1) is 16.6. The SMILES string of the molecule is CCNC(=O)C1CCN(Cc2noc(-c3cccc(C)c3)n2)CC1. The van der Waals surface area contributed by atoms with Crippen molar-refractivity contribution in [2.75, 3.05) is 19.6 Å². The van der Waals surface area contributed by atoms with E-state index in [0.29, 0.717) is 24.8 Å². The Morgan fingerprint density at radius 3 is 2.88 bits per heavy atom. The van der Waals surface area contributed by atoms with Crippen LogP contribution in [0.3, 0.4) is 0 Å². The number of carbonyl (C=O) groups is 1. The summed E-state index contributed by atoms with van der Waals surface area (Å²) in [5.74, 6) is 1.57. The first-order valence-corrected chi connectivity index (χ1v) is 8.55. The molecule has 0 saturated carbocycles. The number of aromatic nitrogens is 2. The van der Waals surface area contributed by atoms with Crippen LogP contribution in [0.2, 0.25) is 0 Å². The Labute approximate surface area is 142 Å². The number of rotatable bonds is 5. The number of aryl methyl sites for hydroxylation is 1. The van der Waals surface area contributed by atoms with Gasteiger partial charge in [-0.15, -0.1) is 0 Å². The molecule has 0 spiro atoms. The molecule has 1 aromatic carbocycles. The van der Waals surface area contributed by atoms with Crippen molar-refractivity contribution in [3.63, 3.8) is 0 Å². The van der Waals surface area contributed by atoms with E-state index >= 15 is 0 Å². The van der Waals surface area contributed by atoms with E-state index in [0.717, 1.165) is 31.5 Å². The van der Waals surface area contributed by atoms with Gasteiger partial charge in [0.15, 0.2) is 5.82 Å². The Morgan fingerprint density at radius 1 is 1.38 bits per heavy atom. The van der Waals surface area contributed by atoms with Gasteiger partial charge in [-0.25, -0.2) is 0 Å². The third-order valence-corrected chi connectivity index (χ3v) is 4.41. The van der Waals surface area contributed by atoms with Crippen molar-refractivity contribution in [3.8, 4) is 11.5 Å². The van der Waals surface area contributed by atoms with E-state index in [9.17, 15) is 4.79 Å². The molecule has 1 aliphatic rings. The summed E-state index contributed by atoms with van der Waals surface area (Å²) in [7, 11) is 0. The van der Waals surface area contributed by atoms with E-state index in [2.05, 4.69) is 20.4 Å². The number of nitrogens with one attached hydrogen (secondary N) is 1. The van der Waals surface area contributed by atoms with Crippen LogP contribution in [0.5, 0.6) is 0 Å². The number of hydrogen-bond donors (Lipinski definition) is 1. The first-order chi connectivity index (χ1) is 11.7. The molecule has 0 radical (unpaired) electrons. The molecule has 24 heavy (non-hydrogen) atoms. The second kappa shape index (κ2) is 7.57. The number of hydrogen-bond acceptors (Lipinski definition) is 5. The molecule has 1 saturated heterocycles. The van der Waals surface area contributed by atoms with E-state index in [1.165, 1.54) is 5.56 Å². The molecule has 0 bridgehead atoms. The van der Waals surface area contributed by atoms with Crippen LogP contribution >= 0.6 is 0 Å². The zero-order valence-corrected chi connectivity index (χ0v) is 14.3. The van der Waals surface area contributed by atoms with Crippen molar-refractivity contribution in [1.82, 2.24) is 20.4 Å². The molecule has 2 heterocycles. The molecule has 3 rings (SSSR count). The molecule has 1 aromatic heterocycles. The fourth-order valence-electron chi connectivity index (χ4n) is 3.09.